The van der Waals surface area contributed by atoms with Crippen molar-refractivity contribution in [1.82, 2.24) is 9.97 Å². The molecule has 9 heteroatoms. The average Bonchev–Trinajstić information content (AvgIpc) is 3.21. The highest BCUT2D eigenvalue weighted by molar-refractivity contribution is 6.03. The Morgan fingerprint density at radius 3 is 2.59 bits per heavy atom. The summed E-state index contributed by atoms with van der Waals surface area (Å²) >= 11 is 0. The van der Waals surface area contributed by atoms with Gasteiger partial charge in [0.05, 0.1) is 14.2 Å². The number of benzene rings is 2. The van der Waals surface area contributed by atoms with E-state index in [4.69, 9.17) is 18.9 Å². The molecule has 0 unspecified atom stereocenters. The van der Waals surface area contributed by atoms with Crippen molar-refractivity contribution in [3.8, 4) is 23.0 Å². The summed E-state index contributed by atoms with van der Waals surface area (Å²) in [6.45, 7) is 0.170. The Hall–Kier alpha value is -4.01. The second kappa shape index (κ2) is 7.93. The van der Waals surface area contributed by atoms with Crippen molar-refractivity contribution in [3.63, 3.8) is 0 Å². The molecule has 1 aliphatic rings. The molecule has 2 heterocycles. The smallest absolute Gasteiger partial charge is 0.274 e. The molecule has 9 nitrogen and oxygen atoms in total. The predicted octanol–water partition coefficient (Wildman–Crippen LogP) is 3.22. The highest BCUT2D eigenvalue weighted by atomic mass is 16.7. The molecule has 3 aromatic rings. The lowest BCUT2D eigenvalue weighted by molar-refractivity contribution is 0.102. The van der Waals surface area contributed by atoms with Gasteiger partial charge in [-0.25, -0.2) is 9.97 Å². The molecule has 29 heavy (non-hydrogen) atoms. The van der Waals surface area contributed by atoms with Crippen molar-refractivity contribution in [1.29, 1.82) is 0 Å². The monoisotopic (exact) mass is 394 g/mol. The lowest BCUT2D eigenvalue weighted by atomic mass is 10.2. The van der Waals surface area contributed by atoms with Crippen LogP contribution in [-0.2, 0) is 0 Å². The summed E-state index contributed by atoms with van der Waals surface area (Å²) in [5, 5.41) is 5.83. The maximum atomic E-state index is 12.6. The van der Waals surface area contributed by atoms with E-state index in [1.54, 1.807) is 50.6 Å². The second-order valence-corrected chi connectivity index (χ2v) is 5.98. The van der Waals surface area contributed by atoms with Crippen LogP contribution in [0, 0.1) is 0 Å². The molecule has 148 valence electrons. The zero-order valence-corrected chi connectivity index (χ0v) is 15.8. The normalized spacial score (nSPS) is 11.7. The van der Waals surface area contributed by atoms with Crippen LogP contribution < -0.4 is 29.6 Å². The number of hydrogen-bond donors (Lipinski definition) is 2. The van der Waals surface area contributed by atoms with Gasteiger partial charge in [-0.2, -0.15) is 0 Å². The number of nitrogens with one attached hydrogen (secondary N) is 2. The summed E-state index contributed by atoms with van der Waals surface area (Å²) in [6.07, 6.45) is 1.50. The summed E-state index contributed by atoms with van der Waals surface area (Å²) in [7, 11) is 3.12. The molecule has 0 spiro atoms. The molecule has 0 radical (unpaired) electrons. The van der Waals surface area contributed by atoms with E-state index in [-0.39, 0.29) is 24.3 Å². The molecule has 0 saturated heterocycles. The van der Waals surface area contributed by atoms with Crippen LogP contribution in [0.3, 0.4) is 0 Å². The van der Waals surface area contributed by atoms with E-state index < -0.39 is 0 Å². The molecule has 2 N–H and O–H groups in total. The third-order valence-electron chi connectivity index (χ3n) is 4.16. The third-order valence-corrected chi connectivity index (χ3v) is 4.16. The van der Waals surface area contributed by atoms with Crippen molar-refractivity contribution >= 4 is 23.2 Å². The number of methoxy groups -OCH3 is 2. The minimum absolute atomic E-state index is 0.170. The molecule has 0 atom stereocenters. The molecule has 1 amide bonds. The summed E-state index contributed by atoms with van der Waals surface area (Å²) < 4.78 is 21.1. The van der Waals surface area contributed by atoms with E-state index in [1.807, 2.05) is 0 Å². The van der Waals surface area contributed by atoms with Crippen LogP contribution in [0.1, 0.15) is 10.5 Å². The number of ether oxygens (including phenoxy) is 4. The van der Waals surface area contributed by atoms with Gasteiger partial charge in [0.25, 0.3) is 5.91 Å². The molecule has 0 bridgehead atoms. The molecular formula is C20H18N4O5. The van der Waals surface area contributed by atoms with Gasteiger partial charge in [-0.05, 0) is 30.3 Å². The fourth-order valence-corrected chi connectivity index (χ4v) is 2.76. The van der Waals surface area contributed by atoms with Gasteiger partial charge < -0.3 is 29.6 Å². The molecule has 4 rings (SSSR count). The van der Waals surface area contributed by atoms with E-state index in [0.717, 1.165) is 0 Å². The first-order chi connectivity index (χ1) is 14.2. The number of anilines is 3. The van der Waals surface area contributed by atoms with Gasteiger partial charge in [-0.15, -0.1) is 0 Å². The minimum atomic E-state index is -0.373. The number of carbonyl (C=O) groups is 1. The van der Waals surface area contributed by atoms with Crippen LogP contribution >= 0.6 is 0 Å². The van der Waals surface area contributed by atoms with Gasteiger partial charge in [0.15, 0.2) is 23.0 Å². The van der Waals surface area contributed by atoms with Crippen LogP contribution in [0.25, 0.3) is 0 Å². The van der Waals surface area contributed by atoms with Crippen molar-refractivity contribution in [2.45, 2.75) is 0 Å². The summed E-state index contributed by atoms with van der Waals surface area (Å²) in [5.74, 6) is 2.30. The van der Waals surface area contributed by atoms with E-state index in [9.17, 15) is 4.79 Å². The Bertz CT molecular complexity index is 1060. The Kier molecular flexibility index (Phi) is 5.02. The highest BCUT2D eigenvalue weighted by Crippen LogP contribution is 2.34. The Morgan fingerprint density at radius 1 is 0.966 bits per heavy atom. The number of rotatable bonds is 6. The first-order valence-electron chi connectivity index (χ1n) is 8.69. The zero-order chi connectivity index (χ0) is 20.2. The van der Waals surface area contributed by atoms with Gasteiger partial charge in [0.1, 0.15) is 5.69 Å². The maximum Gasteiger partial charge on any atom is 0.274 e. The zero-order valence-electron chi connectivity index (χ0n) is 15.8. The van der Waals surface area contributed by atoms with Crippen LogP contribution in [0.4, 0.5) is 17.3 Å². The molecule has 0 fully saturated rings. The van der Waals surface area contributed by atoms with Crippen LogP contribution in [0.5, 0.6) is 23.0 Å². The fourth-order valence-electron chi connectivity index (χ4n) is 2.76. The van der Waals surface area contributed by atoms with Crippen LogP contribution in [-0.4, -0.2) is 36.9 Å². The lowest BCUT2D eigenvalue weighted by Gasteiger charge is -2.11. The van der Waals surface area contributed by atoms with Gasteiger partial charge in [0, 0.05) is 29.7 Å². The third kappa shape index (κ3) is 3.98. The average molecular weight is 394 g/mol. The van der Waals surface area contributed by atoms with Crippen LogP contribution in [0.15, 0.2) is 48.7 Å². The summed E-state index contributed by atoms with van der Waals surface area (Å²) in [5.41, 5.74) is 1.48. The molecule has 1 aromatic heterocycles. The predicted molar refractivity (Wildman–Crippen MR) is 105 cm³/mol. The largest absolute Gasteiger partial charge is 0.493 e. The van der Waals surface area contributed by atoms with Crippen LogP contribution in [0.2, 0.25) is 0 Å². The molecule has 0 aliphatic carbocycles. The van der Waals surface area contributed by atoms with Gasteiger partial charge in [0.2, 0.25) is 12.7 Å². The standard InChI is InChI=1S/C20H18N4O5/c1-26-15-5-3-13(9-17(15)27-2)23-20-21-8-7-14(24-20)19(25)22-12-4-6-16-18(10-12)29-11-28-16/h3-10H,11H2,1-2H3,(H,22,25)(H,21,23,24). The van der Waals surface area contributed by atoms with E-state index in [2.05, 4.69) is 20.6 Å². The van der Waals surface area contributed by atoms with E-state index >= 15 is 0 Å². The summed E-state index contributed by atoms with van der Waals surface area (Å²) in [4.78, 5) is 21.0. The van der Waals surface area contributed by atoms with Gasteiger partial charge >= 0.3 is 0 Å². The lowest BCUT2D eigenvalue weighted by Crippen LogP contribution is -2.14. The van der Waals surface area contributed by atoms with Crippen molar-refractivity contribution in [2.24, 2.45) is 0 Å². The topological polar surface area (TPSA) is 104 Å². The fraction of sp³-hybridized carbons (Fsp3) is 0.150. The first-order valence-corrected chi connectivity index (χ1v) is 8.69. The number of fused-ring (bicyclic) bond motifs is 1. The minimum Gasteiger partial charge on any atom is -0.493 e. The van der Waals surface area contributed by atoms with Crippen molar-refractivity contribution in [3.05, 3.63) is 54.4 Å². The Balaban J connectivity index is 1.49. The Labute approximate surface area is 166 Å². The van der Waals surface area contributed by atoms with E-state index in [0.29, 0.717) is 34.4 Å². The van der Waals surface area contributed by atoms with Gasteiger partial charge in [-0.1, -0.05) is 0 Å². The van der Waals surface area contributed by atoms with E-state index in [1.165, 1.54) is 12.3 Å². The molecule has 0 saturated carbocycles. The van der Waals surface area contributed by atoms with Crippen molar-refractivity contribution < 1.29 is 23.7 Å². The van der Waals surface area contributed by atoms with Gasteiger partial charge in [-0.3, -0.25) is 4.79 Å². The number of amides is 1. The first kappa shape index (κ1) is 18.4. The van der Waals surface area contributed by atoms with Crippen molar-refractivity contribution in [2.75, 3.05) is 31.6 Å². The number of hydrogen-bond acceptors (Lipinski definition) is 8. The molecule has 1 aliphatic heterocycles. The molecule has 2 aromatic carbocycles. The molecular weight excluding hydrogens is 376 g/mol. The highest BCUT2D eigenvalue weighted by Gasteiger charge is 2.15. The summed E-state index contributed by atoms with van der Waals surface area (Å²) in [6, 6.07) is 12.0. The number of carbonyl (C=O) groups excluding carboxylic acids is 1. The quantitative estimate of drug-likeness (QED) is 0.657. The maximum absolute atomic E-state index is 12.6. The number of aromatic nitrogens is 2. The Morgan fingerprint density at radius 2 is 1.76 bits per heavy atom. The second-order valence-electron chi connectivity index (χ2n) is 5.98. The SMILES string of the molecule is COc1ccc(Nc2nccc(C(=O)Nc3ccc4c(c3)OCO4)n2)cc1OC. The number of nitrogens with zero attached hydrogens (tertiary/aromatic N) is 2.